The molecule has 6 rings (SSSR count). The quantitative estimate of drug-likeness (QED) is 0.686. The maximum Gasteiger partial charge on any atom is 0.243 e. The highest BCUT2D eigenvalue weighted by molar-refractivity contribution is 7.09. The van der Waals surface area contributed by atoms with Gasteiger partial charge in [0, 0.05) is 33.8 Å². The monoisotopic (exact) mass is 392 g/mol. The largest absolute Gasteiger partial charge is 0.491 e. The summed E-state index contributed by atoms with van der Waals surface area (Å²) < 4.78 is 17.5. The summed E-state index contributed by atoms with van der Waals surface area (Å²) in [4.78, 5) is 18.0. The highest BCUT2D eigenvalue weighted by Gasteiger charge is 2.55. The van der Waals surface area contributed by atoms with E-state index in [9.17, 15) is 4.79 Å². The molecule has 7 heteroatoms. The predicted octanol–water partition coefficient (Wildman–Crippen LogP) is 3.52. The number of amides is 1. The fourth-order valence-electron chi connectivity index (χ4n) is 4.34. The van der Waals surface area contributed by atoms with E-state index in [1.165, 1.54) is 0 Å². The molecule has 3 aliphatic heterocycles. The molecule has 140 valence electrons. The van der Waals surface area contributed by atoms with Gasteiger partial charge in [0.05, 0.1) is 10.7 Å². The summed E-state index contributed by atoms with van der Waals surface area (Å²) in [6.45, 7) is 3.22. The van der Waals surface area contributed by atoms with Crippen molar-refractivity contribution in [2.45, 2.75) is 12.3 Å². The van der Waals surface area contributed by atoms with Gasteiger partial charge in [0.1, 0.15) is 31.0 Å². The Balaban J connectivity index is 1.62. The molecule has 1 aromatic heterocycles. The van der Waals surface area contributed by atoms with Gasteiger partial charge in [0.2, 0.25) is 5.91 Å². The zero-order chi connectivity index (χ0) is 18.9. The maximum absolute atomic E-state index is 13.3. The average Bonchev–Trinajstić information content (AvgIpc) is 3.38. The molecule has 3 aliphatic rings. The van der Waals surface area contributed by atoms with Crippen LogP contribution in [0.2, 0.25) is 0 Å². The lowest BCUT2D eigenvalue weighted by Crippen LogP contribution is -2.37. The third-order valence-electron chi connectivity index (χ3n) is 5.57. The van der Waals surface area contributed by atoms with E-state index in [4.69, 9.17) is 14.2 Å². The minimum absolute atomic E-state index is 0.0858. The first-order valence-electron chi connectivity index (χ1n) is 9.11. The first-order valence-corrected chi connectivity index (χ1v) is 9.99. The Labute approximate surface area is 165 Å². The number of fused-ring (bicyclic) bond motifs is 5. The molecule has 0 fully saturated rings. The first kappa shape index (κ1) is 15.9. The highest BCUT2D eigenvalue weighted by atomic mass is 32.1. The van der Waals surface area contributed by atoms with Gasteiger partial charge in [-0.3, -0.25) is 4.79 Å². The van der Waals surface area contributed by atoms with Crippen LogP contribution in [0.5, 0.6) is 17.2 Å². The number of ether oxygens (including phenoxy) is 3. The summed E-state index contributed by atoms with van der Waals surface area (Å²) in [7, 11) is 0. The summed E-state index contributed by atoms with van der Waals surface area (Å²) >= 11 is 1.60. The molecule has 0 radical (unpaired) electrons. The van der Waals surface area contributed by atoms with Crippen LogP contribution in [-0.2, 0) is 10.2 Å². The van der Waals surface area contributed by atoms with Crippen molar-refractivity contribution in [2.24, 2.45) is 0 Å². The SMILES string of the molecule is Cc1nc(-c2cccc3c2C2(COc4cc5c(cc42)OCCO5)C(=O)N3)cs1. The molecule has 1 amide bonds. The van der Waals surface area contributed by atoms with Crippen molar-refractivity contribution in [1.29, 1.82) is 0 Å². The van der Waals surface area contributed by atoms with Gasteiger partial charge < -0.3 is 19.5 Å². The average molecular weight is 392 g/mol. The second-order valence-electron chi connectivity index (χ2n) is 7.12. The van der Waals surface area contributed by atoms with Gasteiger partial charge >= 0.3 is 0 Å². The lowest BCUT2D eigenvalue weighted by molar-refractivity contribution is -0.119. The van der Waals surface area contributed by atoms with E-state index in [1.807, 2.05) is 42.6 Å². The van der Waals surface area contributed by atoms with Gasteiger partial charge in [-0.25, -0.2) is 4.98 Å². The van der Waals surface area contributed by atoms with E-state index >= 15 is 0 Å². The fourth-order valence-corrected chi connectivity index (χ4v) is 4.95. The lowest BCUT2D eigenvalue weighted by Gasteiger charge is -2.24. The number of anilines is 1. The van der Waals surface area contributed by atoms with Crippen molar-refractivity contribution in [2.75, 3.05) is 25.1 Å². The molecule has 1 unspecified atom stereocenters. The number of nitrogens with zero attached hydrogens (tertiary/aromatic N) is 1. The second kappa shape index (κ2) is 5.48. The molecule has 6 nitrogen and oxygen atoms in total. The van der Waals surface area contributed by atoms with E-state index in [0.29, 0.717) is 30.5 Å². The van der Waals surface area contributed by atoms with Crippen LogP contribution < -0.4 is 19.5 Å². The summed E-state index contributed by atoms with van der Waals surface area (Å²) in [5, 5.41) is 6.07. The van der Waals surface area contributed by atoms with Crippen molar-refractivity contribution < 1.29 is 19.0 Å². The third kappa shape index (κ3) is 1.97. The molecular weight excluding hydrogens is 376 g/mol. The second-order valence-corrected chi connectivity index (χ2v) is 8.18. The number of aromatic nitrogens is 1. The van der Waals surface area contributed by atoms with Gasteiger partial charge in [-0.2, -0.15) is 0 Å². The van der Waals surface area contributed by atoms with Crippen molar-refractivity contribution in [3.8, 4) is 28.5 Å². The molecule has 4 heterocycles. The number of aryl methyl sites for hydroxylation is 1. The Bertz CT molecular complexity index is 1160. The summed E-state index contributed by atoms with van der Waals surface area (Å²) in [6, 6.07) is 9.63. The normalized spacial score (nSPS) is 21.2. The fraction of sp³-hybridized carbons (Fsp3) is 0.238. The summed E-state index contributed by atoms with van der Waals surface area (Å²) in [5.41, 5.74) is 3.44. The van der Waals surface area contributed by atoms with Gasteiger partial charge in [0.25, 0.3) is 0 Å². The van der Waals surface area contributed by atoms with E-state index in [0.717, 1.165) is 33.1 Å². The number of nitrogens with one attached hydrogen (secondary N) is 1. The zero-order valence-corrected chi connectivity index (χ0v) is 15.9. The molecule has 0 saturated carbocycles. The van der Waals surface area contributed by atoms with Gasteiger partial charge in [-0.15, -0.1) is 11.3 Å². The van der Waals surface area contributed by atoms with E-state index in [-0.39, 0.29) is 12.5 Å². The van der Waals surface area contributed by atoms with Crippen LogP contribution >= 0.6 is 11.3 Å². The molecule has 28 heavy (non-hydrogen) atoms. The Morgan fingerprint density at radius 1 is 1.11 bits per heavy atom. The summed E-state index contributed by atoms with van der Waals surface area (Å²) in [6.07, 6.45) is 0. The minimum atomic E-state index is -0.922. The Morgan fingerprint density at radius 2 is 1.93 bits per heavy atom. The molecule has 1 N–H and O–H groups in total. The van der Waals surface area contributed by atoms with E-state index in [2.05, 4.69) is 10.3 Å². The van der Waals surface area contributed by atoms with Crippen LogP contribution in [0.1, 0.15) is 16.1 Å². The van der Waals surface area contributed by atoms with Crippen LogP contribution in [0.3, 0.4) is 0 Å². The topological polar surface area (TPSA) is 69.7 Å². The number of rotatable bonds is 1. The Kier molecular flexibility index (Phi) is 3.12. The minimum Gasteiger partial charge on any atom is -0.491 e. The number of hydrogen-bond donors (Lipinski definition) is 1. The molecular formula is C21H16N2O4S. The molecule has 1 spiro atoms. The number of carbonyl (C=O) groups excluding carboxylic acids is 1. The molecule has 0 bridgehead atoms. The Morgan fingerprint density at radius 3 is 2.71 bits per heavy atom. The van der Waals surface area contributed by atoms with E-state index in [1.54, 1.807) is 11.3 Å². The molecule has 2 aromatic carbocycles. The number of thiazole rings is 1. The van der Waals surface area contributed by atoms with Crippen molar-refractivity contribution >= 4 is 22.9 Å². The number of benzene rings is 2. The van der Waals surface area contributed by atoms with Crippen molar-refractivity contribution in [3.05, 3.63) is 51.8 Å². The van der Waals surface area contributed by atoms with Crippen LogP contribution in [0, 0.1) is 6.92 Å². The van der Waals surface area contributed by atoms with E-state index < -0.39 is 5.41 Å². The van der Waals surface area contributed by atoms with Crippen LogP contribution in [0.4, 0.5) is 5.69 Å². The van der Waals surface area contributed by atoms with Gasteiger partial charge in [-0.1, -0.05) is 12.1 Å². The number of hydrogen-bond acceptors (Lipinski definition) is 6. The van der Waals surface area contributed by atoms with Crippen molar-refractivity contribution in [3.63, 3.8) is 0 Å². The maximum atomic E-state index is 13.3. The predicted molar refractivity (Wildman–Crippen MR) is 105 cm³/mol. The van der Waals surface area contributed by atoms with Crippen LogP contribution in [0.25, 0.3) is 11.3 Å². The lowest BCUT2D eigenvalue weighted by atomic mass is 9.74. The van der Waals surface area contributed by atoms with Gasteiger partial charge in [-0.05, 0) is 19.1 Å². The number of carbonyl (C=O) groups is 1. The highest BCUT2D eigenvalue weighted by Crippen LogP contribution is 2.55. The summed E-state index contributed by atoms with van der Waals surface area (Å²) in [5.74, 6) is 1.89. The standard InChI is InChI=1S/C21H16N2O4S/c1-11-22-15(9-28-11)12-3-2-4-14-19(12)21(20(24)23-14)10-27-16-8-18-17(7-13(16)21)25-5-6-26-18/h2-4,7-9H,5-6,10H2,1H3,(H,23,24). The molecule has 3 aromatic rings. The molecule has 0 aliphatic carbocycles. The molecule has 1 atom stereocenters. The zero-order valence-electron chi connectivity index (χ0n) is 15.1. The van der Waals surface area contributed by atoms with Crippen LogP contribution in [-0.4, -0.2) is 30.7 Å². The smallest absolute Gasteiger partial charge is 0.243 e. The first-order chi connectivity index (χ1) is 13.7. The Hall–Kier alpha value is -3.06. The van der Waals surface area contributed by atoms with Crippen molar-refractivity contribution in [1.82, 2.24) is 4.98 Å². The third-order valence-corrected chi connectivity index (χ3v) is 6.34. The van der Waals surface area contributed by atoms with Crippen LogP contribution in [0.15, 0.2) is 35.7 Å². The van der Waals surface area contributed by atoms with Gasteiger partial charge in [0.15, 0.2) is 11.5 Å². The molecule has 0 saturated heterocycles.